The van der Waals surface area contributed by atoms with Gasteiger partial charge in [-0.2, -0.15) is 0 Å². The van der Waals surface area contributed by atoms with E-state index < -0.39 is 0 Å². The van der Waals surface area contributed by atoms with E-state index in [0.717, 1.165) is 10.8 Å². The van der Waals surface area contributed by atoms with E-state index >= 15 is 0 Å². The number of carbonyl (C=O) groups excluding carboxylic acids is 1. The monoisotopic (exact) mass is 290 g/mol. The van der Waals surface area contributed by atoms with Gasteiger partial charge in [0.05, 0.1) is 5.75 Å². The smallest absolute Gasteiger partial charge is 0.234 e. The Labute approximate surface area is 122 Å². The fourth-order valence-corrected chi connectivity index (χ4v) is 2.50. The van der Waals surface area contributed by atoms with Crippen LogP contribution in [0.1, 0.15) is 25.5 Å². The van der Waals surface area contributed by atoms with Gasteiger partial charge in [-0.05, 0) is 32.9 Å². The van der Waals surface area contributed by atoms with Crippen molar-refractivity contribution in [1.82, 2.24) is 14.8 Å². The summed E-state index contributed by atoms with van der Waals surface area (Å²) in [7, 11) is 0. The molecule has 2 rings (SSSR count). The van der Waals surface area contributed by atoms with Crippen LogP contribution < -0.4 is 5.32 Å². The van der Waals surface area contributed by atoms with Crippen molar-refractivity contribution in [3.63, 3.8) is 0 Å². The summed E-state index contributed by atoms with van der Waals surface area (Å²) in [6, 6.07) is 8.02. The summed E-state index contributed by atoms with van der Waals surface area (Å²) in [6.45, 7) is 6.12. The SMILES string of the molecule is Cc1ccc(NC(=O)CSc2nncn2C(C)C)cc1. The Bertz CT molecular complexity index is 577. The fourth-order valence-electron chi connectivity index (χ4n) is 1.65. The third-order valence-corrected chi connectivity index (χ3v) is 3.72. The van der Waals surface area contributed by atoms with Crippen LogP contribution in [0.15, 0.2) is 35.7 Å². The predicted octanol–water partition coefficient (Wildman–Crippen LogP) is 2.90. The van der Waals surface area contributed by atoms with Gasteiger partial charge < -0.3 is 9.88 Å². The zero-order chi connectivity index (χ0) is 14.5. The molecule has 6 heteroatoms. The molecule has 2 aromatic rings. The van der Waals surface area contributed by atoms with Gasteiger partial charge in [-0.25, -0.2) is 0 Å². The van der Waals surface area contributed by atoms with Crippen molar-refractivity contribution in [3.8, 4) is 0 Å². The maximum absolute atomic E-state index is 11.9. The molecule has 0 fully saturated rings. The molecule has 0 aliphatic carbocycles. The maximum atomic E-state index is 11.9. The third-order valence-electron chi connectivity index (χ3n) is 2.76. The van der Waals surface area contributed by atoms with Crippen LogP contribution in [0.2, 0.25) is 0 Å². The summed E-state index contributed by atoms with van der Waals surface area (Å²) in [5.41, 5.74) is 1.98. The van der Waals surface area contributed by atoms with Gasteiger partial charge in [0.2, 0.25) is 5.91 Å². The average molecular weight is 290 g/mol. The van der Waals surface area contributed by atoms with Gasteiger partial charge in [-0.1, -0.05) is 29.5 Å². The van der Waals surface area contributed by atoms with E-state index in [1.165, 1.54) is 17.3 Å². The summed E-state index contributed by atoms with van der Waals surface area (Å²) < 4.78 is 1.95. The lowest BCUT2D eigenvalue weighted by molar-refractivity contribution is -0.113. The van der Waals surface area contributed by atoms with Gasteiger partial charge in [0, 0.05) is 11.7 Å². The summed E-state index contributed by atoms with van der Waals surface area (Å²) in [5.74, 6) is 0.274. The Kier molecular flexibility index (Phi) is 4.79. The number of nitrogens with zero attached hydrogens (tertiary/aromatic N) is 3. The third kappa shape index (κ3) is 3.84. The number of amides is 1. The van der Waals surface area contributed by atoms with Crippen LogP contribution >= 0.6 is 11.8 Å². The Morgan fingerprint density at radius 3 is 2.70 bits per heavy atom. The molecule has 1 amide bonds. The molecule has 1 aromatic carbocycles. The fraction of sp³-hybridized carbons (Fsp3) is 0.357. The first-order valence-corrected chi connectivity index (χ1v) is 7.43. The summed E-state index contributed by atoms with van der Waals surface area (Å²) in [5, 5.41) is 11.5. The van der Waals surface area contributed by atoms with Crippen molar-refractivity contribution in [2.24, 2.45) is 0 Å². The lowest BCUT2D eigenvalue weighted by Crippen LogP contribution is -2.14. The normalized spacial score (nSPS) is 10.8. The molecule has 1 N–H and O–H groups in total. The van der Waals surface area contributed by atoms with E-state index in [1.807, 2.05) is 35.8 Å². The number of hydrogen-bond acceptors (Lipinski definition) is 4. The molecule has 0 aliphatic rings. The number of carbonyl (C=O) groups is 1. The molecule has 0 aliphatic heterocycles. The van der Waals surface area contributed by atoms with Crippen molar-refractivity contribution in [1.29, 1.82) is 0 Å². The summed E-state index contributed by atoms with van der Waals surface area (Å²) in [4.78, 5) is 11.9. The van der Waals surface area contributed by atoms with E-state index in [0.29, 0.717) is 5.75 Å². The van der Waals surface area contributed by atoms with E-state index in [4.69, 9.17) is 0 Å². The molecule has 0 saturated heterocycles. The van der Waals surface area contributed by atoms with Crippen molar-refractivity contribution in [2.45, 2.75) is 32.0 Å². The van der Waals surface area contributed by atoms with Gasteiger partial charge in [0.1, 0.15) is 6.33 Å². The molecular weight excluding hydrogens is 272 g/mol. The standard InChI is InChI=1S/C14H18N4OS/c1-10(2)18-9-15-17-14(18)20-8-13(19)16-12-6-4-11(3)5-7-12/h4-7,9-10H,8H2,1-3H3,(H,16,19). The number of aromatic nitrogens is 3. The highest BCUT2D eigenvalue weighted by molar-refractivity contribution is 7.99. The topological polar surface area (TPSA) is 59.8 Å². The molecule has 0 spiro atoms. The summed E-state index contributed by atoms with van der Waals surface area (Å²) in [6.07, 6.45) is 1.69. The lowest BCUT2D eigenvalue weighted by atomic mass is 10.2. The number of thioether (sulfide) groups is 1. The first kappa shape index (κ1) is 14.6. The van der Waals surface area contributed by atoms with Crippen LogP contribution in [0.25, 0.3) is 0 Å². The molecule has 5 nitrogen and oxygen atoms in total. The van der Waals surface area contributed by atoms with Crippen molar-refractivity contribution < 1.29 is 4.79 Å². The molecule has 1 heterocycles. The predicted molar refractivity (Wildman–Crippen MR) is 80.9 cm³/mol. The van der Waals surface area contributed by atoms with Crippen LogP contribution in [-0.2, 0) is 4.79 Å². The van der Waals surface area contributed by atoms with Crippen molar-refractivity contribution >= 4 is 23.4 Å². The number of benzene rings is 1. The van der Waals surface area contributed by atoms with Crippen LogP contribution in [0.4, 0.5) is 5.69 Å². The molecule has 0 saturated carbocycles. The van der Waals surface area contributed by atoms with E-state index in [-0.39, 0.29) is 11.9 Å². The largest absolute Gasteiger partial charge is 0.325 e. The number of nitrogens with one attached hydrogen (secondary N) is 1. The minimum atomic E-state index is -0.0443. The molecule has 0 radical (unpaired) electrons. The highest BCUT2D eigenvalue weighted by Gasteiger charge is 2.10. The van der Waals surface area contributed by atoms with E-state index in [2.05, 4.69) is 29.4 Å². The molecule has 0 atom stereocenters. The van der Waals surface area contributed by atoms with E-state index in [9.17, 15) is 4.79 Å². The van der Waals surface area contributed by atoms with Crippen LogP contribution in [0.5, 0.6) is 0 Å². The molecular formula is C14H18N4OS. The quantitative estimate of drug-likeness (QED) is 0.860. The number of rotatable bonds is 5. The highest BCUT2D eigenvalue weighted by Crippen LogP contribution is 2.19. The van der Waals surface area contributed by atoms with Crippen molar-refractivity contribution in [2.75, 3.05) is 11.1 Å². The Morgan fingerprint density at radius 1 is 1.35 bits per heavy atom. The second-order valence-electron chi connectivity index (χ2n) is 4.82. The Morgan fingerprint density at radius 2 is 2.05 bits per heavy atom. The van der Waals surface area contributed by atoms with Crippen molar-refractivity contribution in [3.05, 3.63) is 36.2 Å². The minimum absolute atomic E-state index is 0.0443. The maximum Gasteiger partial charge on any atom is 0.234 e. The average Bonchev–Trinajstić information content (AvgIpc) is 2.88. The van der Waals surface area contributed by atoms with Crippen LogP contribution in [0.3, 0.4) is 0 Å². The van der Waals surface area contributed by atoms with Gasteiger partial charge >= 0.3 is 0 Å². The first-order valence-electron chi connectivity index (χ1n) is 6.45. The Hall–Kier alpha value is -1.82. The second-order valence-corrected chi connectivity index (χ2v) is 5.76. The first-order chi connectivity index (χ1) is 9.56. The second kappa shape index (κ2) is 6.56. The lowest BCUT2D eigenvalue weighted by Gasteiger charge is -2.09. The Balaban J connectivity index is 1.89. The zero-order valence-electron chi connectivity index (χ0n) is 11.8. The number of aryl methyl sites for hydroxylation is 1. The molecule has 0 unspecified atom stereocenters. The molecule has 1 aromatic heterocycles. The zero-order valence-corrected chi connectivity index (χ0v) is 12.6. The van der Waals surface area contributed by atoms with Gasteiger partial charge in [0.25, 0.3) is 0 Å². The van der Waals surface area contributed by atoms with Crippen LogP contribution in [0, 0.1) is 6.92 Å². The molecule has 20 heavy (non-hydrogen) atoms. The van der Waals surface area contributed by atoms with Gasteiger partial charge in [-0.15, -0.1) is 10.2 Å². The molecule has 106 valence electrons. The van der Waals surface area contributed by atoms with Crippen LogP contribution in [-0.4, -0.2) is 26.4 Å². The minimum Gasteiger partial charge on any atom is -0.325 e. The van der Waals surface area contributed by atoms with E-state index in [1.54, 1.807) is 6.33 Å². The highest BCUT2D eigenvalue weighted by atomic mass is 32.2. The van der Waals surface area contributed by atoms with Gasteiger partial charge in [-0.3, -0.25) is 4.79 Å². The number of anilines is 1. The number of hydrogen-bond donors (Lipinski definition) is 1. The summed E-state index contributed by atoms with van der Waals surface area (Å²) >= 11 is 1.39. The molecule has 0 bridgehead atoms. The van der Waals surface area contributed by atoms with Gasteiger partial charge in [0.15, 0.2) is 5.16 Å².